The summed E-state index contributed by atoms with van der Waals surface area (Å²) in [5.74, 6) is 0. The third-order valence-corrected chi connectivity index (χ3v) is 2.05. The molecule has 1 rings (SSSR count). The Morgan fingerprint density at radius 2 is 2.20 bits per heavy atom. The van der Waals surface area contributed by atoms with Crippen LogP contribution >= 0.6 is 0 Å². The van der Waals surface area contributed by atoms with Gasteiger partial charge in [0.15, 0.2) is 0 Å². The van der Waals surface area contributed by atoms with Crippen LogP contribution in [0.4, 0.5) is 4.79 Å². The lowest BCUT2D eigenvalue weighted by molar-refractivity contribution is 0.137. The molecule has 1 aliphatic carbocycles. The van der Waals surface area contributed by atoms with E-state index in [1.165, 1.54) is 13.5 Å². The maximum atomic E-state index is 10.7. The number of rotatable bonds is 1. The van der Waals surface area contributed by atoms with Crippen molar-refractivity contribution in [2.45, 2.75) is 31.7 Å². The van der Waals surface area contributed by atoms with Crippen molar-refractivity contribution in [2.24, 2.45) is 0 Å². The Hall–Kier alpha value is -0.730. The third kappa shape index (κ3) is 1.40. The summed E-state index contributed by atoms with van der Waals surface area (Å²) < 4.78 is 4.47. The molecule has 3 nitrogen and oxygen atoms in total. The predicted octanol–water partition coefficient (Wildman–Crippen LogP) is 1.28. The molecular weight excluding hydrogens is 130 g/mol. The van der Waals surface area contributed by atoms with E-state index in [-0.39, 0.29) is 11.6 Å². The molecular formula is C7H13NO2. The Bertz CT molecular complexity index is 141. The third-order valence-electron chi connectivity index (χ3n) is 2.05. The fraction of sp³-hybridized carbons (Fsp3) is 0.857. The summed E-state index contributed by atoms with van der Waals surface area (Å²) in [5.41, 5.74) is 0.0209. The van der Waals surface area contributed by atoms with E-state index >= 15 is 0 Å². The van der Waals surface area contributed by atoms with Crippen molar-refractivity contribution in [1.29, 1.82) is 0 Å². The molecule has 0 aliphatic heterocycles. The molecule has 0 spiro atoms. The number of methoxy groups -OCH3 is 1. The van der Waals surface area contributed by atoms with Crippen LogP contribution in [0.2, 0.25) is 0 Å². The van der Waals surface area contributed by atoms with Gasteiger partial charge in [-0.25, -0.2) is 4.79 Å². The van der Waals surface area contributed by atoms with Crippen LogP contribution in [0.5, 0.6) is 0 Å². The average molecular weight is 143 g/mol. The molecule has 1 N–H and O–H groups in total. The highest BCUT2D eigenvalue weighted by Crippen LogP contribution is 2.30. The van der Waals surface area contributed by atoms with E-state index < -0.39 is 0 Å². The number of hydrogen-bond donors (Lipinski definition) is 1. The van der Waals surface area contributed by atoms with Gasteiger partial charge in [-0.15, -0.1) is 0 Å². The van der Waals surface area contributed by atoms with Gasteiger partial charge in [0.25, 0.3) is 0 Å². The quantitative estimate of drug-likeness (QED) is 0.600. The van der Waals surface area contributed by atoms with Crippen LogP contribution < -0.4 is 5.32 Å². The summed E-state index contributed by atoms with van der Waals surface area (Å²) in [7, 11) is 1.39. The van der Waals surface area contributed by atoms with Crippen LogP contribution in [0, 0.1) is 0 Å². The van der Waals surface area contributed by atoms with Crippen LogP contribution in [0.25, 0.3) is 0 Å². The zero-order valence-electron chi connectivity index (χ0n) is 6.44. The molecule has 1 fully saturated rings. The first kappa shape index (κ1) is 7.38. The fourth-order valence-corrected chi connectivity index (χ4v) is 1.13. The van der Waals surface area contributed by atoms with Gasteiger partial charge in [0.2, 0.25) is 0 Å². The minimum absolute atomic E-state index is 0.0209. The first-order valence-electron chi connectivity index (χ1n) is 3.52. The van der Waals surface area contributed by atoms with Gasteiger partial charge in [-0.05, 0) is 26.2 Å². The van der Waals surface area contributed by atoms with E-state index in [1.54, 1.807) is 0 Å². The van der Waals surface area contributed by atoms with Crippen LogP contribution in [-0.2, 0) is 4.74 Å². The lowest BCUT2D eigenvalue weighted by Crippen LogP contribution is -2.50. The SMILES string of the molecule is COC(=O)NC1(C)CCC1. The van der Waals surface area contributed by atoms with Crippen molar-refractivity contribution < 1.29 is 9.53 Å². The molecule has 0 aromatic carbocycles. The Labute approximate surface area is 60.7 Å². The number of hydrogen-bond acceptors (Lipinski definition) is 2. The van der Waals surface area contributed by atoms with E-state index in [1.807, 2.05) is 6.92 Å². The van der Waals surface area contributed by atoms with Crippen molar-refractivity contribution in [3.63, 3.8) is 0 Å². The summed E-state index contributed by atoms with van der Waals surface area (Å²) >= 11 is 0. The number of carbonyl (C=O) groups excluding carboxylic acids is 1. The topological polar surface area (TPSA) is 38.3 Å². The Morgan fingerprint density at radius 1 is 1.60 bits per heavy atom. The van der Waals surface area contributed by atoms with Crippen molar-refractivity contribution in [3.05, 3.63) is 0 Å². The molecule has 3 heteroatoms. The largest absolute Gasteiger partial charge is 0.453 e. The second-order valence-electron chi connectivity index (χ2n) is 3.03. The van der Waals surface area contributed by atoms with E-state index in [9.17, 15) is 4.79 Å². The number of amides is 1. The number of alkyl carbamates (subject to hydrolysis) is 1. The maximum Gasteiger partial charge on any atom is 0.407 e. The van der Waals surface area contributed by atoms with Gasteiger partial charge in [0.05, 0.1) is 7.11 Å². The molecule has 0 saturated heterocycles. The Kier molecular flexibility index (Phi) is 1.83. The molecule has 0 heterocycles. The average Bonchev–Trinajstić information content (AvgIpc) is 1.84. The zero-order valence-corrected chi connectivity index (χ0v) is 6.44. The van der Waals surface area contributed by atoms with Crippen LogP contribution in [0.15, 0.2) is 0 Å². The van der Waals surface area contributed by atoms with E-state index in [2.05, 4.69) is 10.1 Å². The highest BCUT2D eigenvalue weighted by molar-refractivity contribution is 5.68. The molecule has 1 aliphatic rings. The van der Waals surface area contributed by atoms with Gasteiger partial charge in [-0.1, -0.05) is 0 Å². The highest BCUT2D eigenvalue weighted by atomic mass is 16.5. The number of ether oxygens (including phenoxy) is 1. The molecule has 58 valence electrons. The summed E-state index contributed by atoms with van der Waals surface area (Å²) in [6.07, 6.45) is 3.03. The lowest BCUT2D eigenvalue weighted by Gasteiger charge is -2.38. The Balaban J connectivity index is 2.29. The van der Waals surface area contributed by atoms with Gasteiger partial charge in [-0.3, -0.25) is 0 Å². The summed E-state index contributed by atoms with van der Waals surface area (Å²) in [5, 5.41) is 2.78. The van der Waals surface area contributed by atoms with E-state index in [0.717, 1.165) is 12.8 Å². The fourth-order valence-electron chi connectivity index (χ4n) is 1.13. The van der Waals surface area contributed by atoms with Crippen molar-refractivity contribution in [1.82, 2.24) is 5.32 Å². The molecule has 1 saturated carbocycles. The first-order valence-corrected chi connectivity index (χ1v) is 3.52. The molecule has 1 amide bonds. The summed E-state index contributed by atoms with van der Waals surface area (Å²) in [4.78, 5) is 10.7. The van der Waals surface area contributed by atoms with Gasteiger partial charge < -0.3 is 10.1 Å². The smallest absolute Gasteiger partial charge is 0.407 e. The molecule has 10 heavy (non-hydrogen) atoms. The zero-order chi connectivity index (χ0) is 7.61. The van der Waals surface area contributed by atoms with E-state index in [0.29, 0.717) is 0 Å². The molecule has 0 aromatic rings. The number of nitrogens with one attached hydrogen (secondary N) is 1. The van der Waals surface area contributed by atoms with Crippen LogP contribution in [-0.4, -0.2) is 18.7 Å². The van der Waals surface area contributed by atoms with Crippen molar-refractivity contribution >= 4 is 6.09 Å². The lowest BCUT2D eigenvalue weighted by atomic mass is 9.79. The first-order chi connectivity index (χ1) is 4.66. The minimum Gasteiger partial charge on any atom is -0.453 e. The standard InChI is InChI=1S/C7H13NO2/c1-7(4-3-5-7)8-6(9)10-2/h3-5H2,1-2H3,(H,8,9). The minimum atomic E-state index is -0.317. The second-order valence-corrected chi connectivity index (χ2v) is 3.03. The second kappa shape index (κ2) is 2.48. The molecule has 0 aromatic heterocycles. The summed E-state index contributed by atoms with van der Waals surface area (Å²) in [6, 6.07) is 0. The predicted molar refractivity (Wildman–Crippen MR) is 37.8 cm³/mol. The van der Waals surface area contributed by atoms with E-state index in [4.69, 9.17) is 0 Å². The molecule has 0 radical (unpaired) electrons. The number of carbonyl (C=O) groups is 1. The van der Waals surface area contributed by atoms with Gasteiger partial charge in [0.1, 0.15) is 0 Å². The molecule has 0 bridgehead atoms. The van der Waals surface area contributed by atoms with Gasteiger partial charge in [-0.2, -0.15) is 0 Å². The maximum absolute atomic E-state index is 10.7. The van der Waals surface area contributed by atoms with Crippen molar-refractivity contribution in [3.8, 4) is 0 Å². The van der Waals surface area contributed by atoms with Gasteiger partial charge >= 0.3 is 6.09 Å². The van der Waals surface area contributed by atoms with Gasteiger partial charge in [0, 0.05) is 5.54 Å². The molecule has 0 unspecified atom stereocenters. The normalized spacial score (nSPS) is 21.0. The van der Waals surface area contributed by atoms with Crippen LogP contribution in [0.1, 0.15) is 26.2 Å². The Morgan fingerprint density at radius 3 is 2.50 bits per heavy atom. The monoisotopic (exact) mass is 143 g/mol. The highest BCUT2D eigenvalue weighted by Gasteiger charge is 2.33. The van der Waals surface area contributed by atoms with Crippen molar-refractivity contribution in [2.75, 3.05) is 7.11 Å². The molecule has 0 atom stereocenters. The van der Waals surface area contributed by atoms with Crippen LogP contribution in [0.3, 0.4) is 0 Å². The summed E-state index contributed by atoms with van der Waals surface area (Å²) in [6.45, 7) is 2.04.